The number of aromatic nitrogens is 2. The molecule has 1 fully saturated rings. The maximum atomic E-state index is 5.62. The average Bonchev–Trinajstić information content (AvgIpc) is 3.33. The topological polar surface area (TPSA) is 78.6 Å². The first-order valence-electron chi connectivity index (χ1n) is 9.24. The number of benzene rings is 1. The highest BCUT2D eigenvalue weighted by molar-refractivity contribution is 5.48. The number of fused-ring (bicyclic) bond motifs is 1. The molecule has 7 heteroatoms. The number of nitrogens with one attached hydrogen (secondary N) is 1. The number of hydrogen-bond acceptors (Lipinski definition) is 7. The second-order valence-corrected chi connectivity index (χ2v) is 7.10. The summed E-state index contributed by atoms with van der Waals surface area (Å²) >= 11 is 0. The molecule has 140 valence electrons. The van der Waals surface area contributed by atoms with E-state index in [0.717, 1.165) is 48.9 Å². The molecule has 0 radical (unpaired) electrons. The van der Waals surface area contributed by atoms with Crippen molar-refractivity contribution in [3.63, 3.8) is 0 Å². The minimum atomic E-state index is -0.00271. The predicted molar refractivity (Wildman–Crippen MR) is 94.1 cm³/mol. The Bertz CT molecular complexity index is 740. The molecular weight excluding hydrogens is 334 g/mol. The van der Waals surface area contributed by atoms with Crippen LogP contribution in [0.2, 0.25) is 0 Å². The van der Waals surface area contributed by atoms with Gasteiger partial charge in [0.15, 0.2) is 17.3 Å². The molecule has 1 saturated heterocycles. The van der Waals surface area contributed by atoms with Crippen molar-refractivity contribution in [3.05, 3.63) is 35.5 Å². The van der Waals surface area contributed by atoms with Crippen LogP contribution >= 0.6 is 0 Å². The van der Waals surface area contributed by atoms with E-state index in [2.05, 4.69) is 35.4 Å². The van der Waals surface area contributed by atoms with Gasteiger partial charge in [-0.3, -0.25) is 0 Å². The molecule has 2 aliphatic heterocycles. The van der Waals surface area contributed by atoms with Gasteiger partial charge in [-0.05, 0) is 24.8 Å². The minimum Gasteiger partial charge on any atom is -0.454 e. The molecular formula is C19H25N3O4. The lowest BCUT2D eigenvalue weighted by Crippen LogP contribution is -2.32. The first-order chi connectivity index (χ1) is 12.7. The highest BCUT2D eigenvalue weighted by Crippen LogP contribution is 2.36. The van der Waals surface area contributed by atoms with Crippen LogP contribution in [0.25, 0.3) is 0 Å². The largest absolute Gasteiger partial charge is 0.454 e. The first kappa shape index (κ1) is 17.3. The van der Waals surface area contributed by atoms with E-state index in [-0.39, 0.29) is 18.8 Å². The van der Waals surface area contributed by atoms with E-state index >= 15 is 0 Å². The molecule has 0 amide bonds. The number of hydrogen-bond donors (Lipinski definition) is 1. The van der Waals surface area contributed by atoms with Crippen molar-refractivity contribution in [3.8, 4) is 11.5 Å². The third kappa shape index (κ3) is 3.54. The van der Waals surface area contributed by atoms with Gasteiger partial charge in [-0.2, -0.15) is 4.98 Å². The van der Waals surface area contributed by atoms with E-state index in [1.54, 1.807) is 0 Å². The van der Waals surface area contributed by atoms with Crippen LogP contribution in [0.5, 0.6) is 11.5 Å². The highest BCUT2D eigenvalue weighted by atomic mass is 16.7. The van der Waals surface area contributed by atoms with Crippen molar-refractivity contribution in [2.24, 2.45) is 5.92 Å². The smallest absolute Gasteiger partial charge is 0.244 e. The van der Waals surface area contributed by atoms with Crippen molar-refractivity contribution in [2.75, 3.05) is 20.0 Å². The minimum absolute atomic E-state index is 0.00271. The zero-order valence-electron chi connectivity index (χ0n) is 15.2. The Balaban J connectivity index is 1.54. The summed E-state index contributed by atoms with van der Waals surface area (Å²) in [4.78, 5) is 4.63. The van der Waals surface area contributed by atoms with Crippen LogP contribution in [0.4, 0.5) is 0 Å². The lowest BCUT2D eigenvalue weighted by atomic mass is 9.91. The zero-order valence-corrected chi connectivity index (χ0v) is 15.2. The van der Waals surface area contributed by atoms with E-state index in [1.165, 1.54) is 0 Å². The van der Waals surface area contributed by atoms with Crippen molar-refractivity contribution in [2.45, 2.75) is 45.2 Å². The standard InChI is InChI=1S/C19H25N3O4/c1-12(2)18-21-19(26-22-18)16(13-6-8-23-9-7-13)20-10-14-4-3-5-15-17(14)25-11-24-15/h3-5,12-13,16,20H,6-11H2,1-2H3. The summed E-state index contributed by atoms with van der Waals surface area (Å²) in [5.74, 6) is 3.66. The Morgan fingerprint density at radius 1 is 1.19 bits per heavy atom. The van der Waals surface area contributed by atoms with Gasteiger partial charge in [0, 0.05) is 31.2 Å². The van der Waals surface area contributed by atoms with Gasteiger partial charge in [-0.1, -0.05) is 31.1 Å². The molecule has 2 aromatic rings. The molecule has 3 heterocycles. The summed E-state index contributed by atoms with van der Waals surface area (Å²) < 4.78 is 22.2. The molecule has 1 unspecified atom stereocenters. The Morgan fingerprint density at radius 2 is 2.04 bits per heavy atom. The van der Waals surface area contributed by atoms with Crippen molar-refractivity contribution in [1.29, 1.82) is 0 Å². The lowest BCUT2D eigenvalue weighted by Gasteiger charge is -2.28. The highest BCUT2D eigenvalue weighted by Gasteiger charge is 2.30. The molecule has 1 aromatic heterocycles. The van der Waals surface area contributed by atoms with Gasteiger partial charge in [-0.25, -0.2) is 0 Å². The van der Waals surface area contributed by atoms with E-state index in [9.17, 15) is 0 Å². The number of para-hydroxylation sites is 1. The van der Waals surface area contributed by atoms with Crippen LogP contribution in [0.15, 0.2) is 22.7 Å². The molecule has 0 aliphatic carbocycles. The Labute approximate surface area is 153 Å². The fraction of sp³-hybridized carbons (Fsp3) is 0.579. The monoisotopic (exact) mass is 359 g/mol. The fourth-order valence-corrected chi connectivity index (χ4v) is 3.46. The third-order valence-corrected chi connectivity index (χ3v) is 4.97. The van der Waals surface area contributed by atoms with Gasteiger partial charge < -0.3 is 24.1 Å². The van der Waals surface area contributed by atoms with Crippen molar-refractivity contribution < 1.29 is 18.7 Å². The number of rotatable bonds is 6. The summed E-state index contributed by atoms with van der Waals surface area (Å²) in [6.07, 6.45) is 1.95. The van der Waals surface area contributed by atoms with Crippen LogP contribution in [0.3, 0.4) is 0 Å². The Morgan fingerprint density at radius 3 is 2.81 bits per heavy atom. The van der Waals surface area contributed by atoms with Gasteiger partial charge in [-0.15, -0.1) is 0 Å². The SMILES string of the molecule is CC(C)c1noc(C(NCc2cccc3c2OCO3)C2CCOCC2)n1. The molecule has 0 bridgehead atoms. The Kier molecular flexibility index (Phi) is 5.08. The summed E-state index contributed by atoms with van der Waals surface area (Å²) in [7, 11) is 0. The first-order valence-corrected chi connectivity index (χ1v) is 9.24. The van der Waals surface area contributed by atoms with Crippen molar-refractivity contribution >= 4 is 0 Å². The Hall–Kier alpha value is -2.12. The third-order valence-electron chi connectivity index (χ3n) is 4.97. The van der Waals surface area contributed by atoms with E-state index in [1.807, 2.05) is 12.1 Å². The average molecular weight is 359 g/mol. The summed E-state index contributed by atoms with van der Waals surface area (Å²) in [5.41, 5.74) is 1.07. The zero-order chi connectivity index (χ0) is 17.9. The fourth-order valence-electron chi connectivity index (χ4n) is 3.46. The maximum Gasteiger partial charge on any atom is 0.244 e. The van der Waals surface area contributed by atoms with Gasteiger partial charge in [0.25, 0.3) is 0 Å². The maximum absolute atomic E-state index is 5.62. The predicted octanol–water partition coefficient (Wildman–Crippen LogP) is 3.18. The number of ether oxygens (including phenoxy) is 3. The van der Waals surface area contributed by atoms with Crippen molar-refractivity contribution in [1.82, 2.24) is 15.5 Å². The molecule has 4 rings (SSSR count). The molecule has 1 atom stereocenters. The second-order valence-electron chi connectivity index (χ2n) is 7.10. The van der Waals surface area contributed by atoms with Crippen LogP contribution in [-0.2, 0) is 11.3 Å². The lowest BCUT2D eigenvalue weighted by molar-refractivity contribution is 0.0485. The van der Waals surface area contributed by atoms with Gasteiger partial charge >= 0.3 is 0 Å². The molecule has 1 N–H and O–H groups in total. The molecule has 1 aromatic carbocycles. The summed E-state index contributed by atoms with van der Waals surface area (Å²) in [6, 6.07) is 5.96. The van der Waals surface area contributed by atoms with Crippen LogP contribution in [0.1, 0.15) is 55.9 Å². The quantitative estimate of drug-likeness (QED) is 0.848. The molecule has 26 heavy (non-hydrogen) atoms. The number of nitrogens with zero attached hydrogens (tertiary/aromatic N) is 2. The normalized spacial score (nSPS) is 18.4. The second kappa shape index (κ2) is 7.63. The van der Waals surface area contributed by atoms with E-state index in [4.69, 9.17) is 18.7 Å². The molecule has 7 nitrogen and oxygen atoms in total. The summed E-state index contributed by atoms with van der Waals surface area (Å²) in [5, 5.41) is 7.76. The van der Waals surface area contributed by atoms with Crippen LogP contribution in [0, 0.1) is 5.92 Å². The summed E-state index contributed by atoms with van der Waals surface area (Å²) in [6.45, 7) is 6.59. The van der Waals surface area contributed by atoms with Crippen LogP contribution in [-0.4, -0.2) is 30.1 Å². The van der Waals surface area contributed by atoms with Gasteiger partial charge in [0.1, 0.15) is 0 Å². The van der Waals surface area contributed by atoms with E-state index < -0.39 is 0 Å². The van der Waals surface area contributed by atoms with Gasteiger partial charge in [0.05, 0.1) is 6.04 Å². The molecule has 2 aliphatic rings. The molecule has 0 saturated carbocycles. The van der Waals surface area contributed by atoms with E-state index in [0.29, 0.717) is 18.4 Å². The van der Waals surface area contributed by atoms with Crippen LogP contribution < -0.4 is 14.8 Å². The molecule has 0 spiro atoms. The van der Waals surface area contributed by atoms with Gasteiger partial charge in [0.2, 0.25) is 12.7 Å².